The van der Waals surface area contributed by atoms with Crippen LogP contribution in [0.25, 0.3) is 0 Å². The predicted molar refractivity (Wildman–Crippen MR) is 140 cm³/mol. The number of ether oxygens (including phenoxy) is 1. The molecule has 2 aliphatic rings. The van der Waals surface area contributed by atoms with Crippen LogP contribution < -0.4 is 0 Å². The predicted octanol–water partition coefficient (Wildman–Crippen LogP) is 3.35. The van der Waals surface area contributed by atoms with Crippen molar-refractivity contribution in [3.8, 4) is 0 Å². The Bertz CT molecular complexity index is 1110. The van der Waals surface area contributed by atoms with Crippen LogP contribution in [0.2, 0.25) is 0 Å². The van der Waals surface area contributed by atoms with Gasteiger partial charge in [-0.05, 0) is 30.4 Å². The zero-order chi connectivity index (χ0) is 28.4. The van der Waals surface area contributed by atoms with E-state index >= 15 is 0 Å². The number of likely N-dealkylation sites (tertiary alicyclic amines) is 2. The van der Waals surface area contributed by atoms with Crippen LogP contribution in [0.4, 0.5) is 9.59 Å². The van der Waals surface area contributed by atoms with E-state index in [0.29, 0.717) is 32.4 Å². The lowest BCUT2D eigenvalue weighted by Gasteiger charge is -2.26. The number of carboxylic acids is 1. The second kappa shape index (κ2) is 14.1. The summed E-state index contributed by atoms with van der Waals surface area (Å²) in [6.07, 6.45) is 0.110. The molecule has 2 fully saturated rings. The monoisotopic (exact) mass is 541 g/mol. The number of rotatable bonds is 7. The molecule has 2 aliphatic heterocycles. The molecule has 0 spiro atoms. The fourth-order valence-corrected chi connectivity index (χ4v) is 4.76. The Morgan fingerprint density at radius 2 is 1.54 bits per heavy atom. The average molecular weight is 542 g/mol. The van der Waals surface area contributed by atoms with Crippen LogP contribution in [0.1, 0.15) is 24.0 Å². The Morgan fingerprint density at radius 1 is 0.923 bits per heavy atom. The van der Waals surface area contributed by atoms with Crippen LogP contribution in [-0.2, 0) is 32.2 Å². The maximum absolute atomic E-state index is 12.5. The fourth-order valence-electron chi connectivity index (χ4n) is 4.76. The van der Waals surface area contributed by atoms with Gasteiger partial charge >= 0.3 is 18.2 Å². The lowest BCUT2D eigenvalue weighted by molar-refractivity contribution is -0.172. The van der Waals surface area contributed by atoms with E-state index in [9.17, 15) is 24.3 Å². The van der Waals surface area contributed by atoms with E-state index < -0.39 is 24.1 Å². The Hall–Kier alpha value is -4.12. The van der Waals surface area contributed by atoms with Crippen molar-refractivity contribution in [1.82, 2.24) is 14.9 Å². The van der Waals surface area contributed by atoms with Gasteiger partial charge in [0.15, 0.2) is 0 Å². The van der Waals surface area contributed by atoms with Gasteiger partial charge in [-0.15, -0.1) is 0 Å². The molecule has 3 amide bonds. The first-order valence-corrected chi connectivity index (χ1v) is 12.7. The molecule has 2 aromatic carbocycles. The maximum Gasteiger partial charge on any atom is 0.410 e. The molecule has 2 aromatic rings. The third kappa shape index (κ3) is 8.18. The van der Waals surface area contributed by atoms with Crippen LogP contribution in [0.15, 0.2) is 60.7 Å². The van der Waals surface area contributed by atoms with Gasteiger partial charge in [0.05, 0.1) is 25.0 Å². The first-order chi connectivity index (χ1) is 18.7. The highest BCUT2D eigenvalue weighted by Crippen LogP contribution is 2.28. The van der Waals surface area contributed by atoms with E-state index in [1.54, 1.807) is 4.90 Å². The molecular weight excluding hydrogens is 506 g/mol. The molecule has 0 bridgehead atoms. The van der Waals surface area contributed by atoms with Crippen LogP contribution in [-0.4, -0.2) is 89.0 Å². The summed E-state index contributed by atoms with van der Waals surface area (Å²) in [6.45, 7) is 1.28. The summed E-state index contributed by atoms with van der Waals surface area (Å²) in [5.41, 5.74) is 1.92. The van der Waals surface area contributed by atoms with Crippen molar-refractivity contribution in [2.75, 3.05) is 33.8 Å². The first-order valence-electron chi connectivity index (χ1n) is 12.7. The minimum absolute atomic E-state index is 0.170. The number of hydrogen-bond acceptors (Lipinski definition) is 6. The number of carbonyl (C=O) groups is 4. The molecule has 0 aliphatic carbocycles. The summed E-state index contributed by atoms with van der Waals surface area (Å²) < 4.78 is 5.40. The second-order valence-corrected chi connectivity index (χ2v) is 9.46. The zero-order valence-electron chi connectivity index (χ0n) is 22.1. The van der Waals surface area contributed by atoms with Gasteiger partial charge in [0.25, 0.3) is 5.91 Å². The molecule has 0 aromatic heterocycles. The minimum atomic E-state index is -0.972. The summed E-state index contributed by atoms with van der Waals surface area (Å²) in [6, 6.07) is 18.7. The van der Waals surface area contributed by atoms with E-state index in [-0.39, 0.29) is 31.0 Å². The Kier molecular flexibility index (Phi) is 10.7. The molecule has 210 valence electrons. The number of hydrogen-bond donors (Lipinski definition) is 2. The number of carbonyl (C=O) groups excluding carboxylic acids is 2. The molecular formula is C28H35N3O8. The zero-order valence-corrected chi connectivity index (χ0v) is 22.1. The molecule has 2 heterocycles. The van der Waals surface area contributed by atoms with Crippen molar-refractivity contribution in [2.45, 2.75) is 31.9 Å². The Morgan fingerprint density at radius 3 is 2.08 bits per heavy atom. The van der Waals surface area contributed by atoms with Crippen molar-refractivity contribution in [2.24, 2.45) is 11.8 Å². The van der Waals surface area contributed by atoms with Gasteiger partial charge in [0.1, 0.15) is 6.61 Å². The maximum atomic E-state index is 12.5. The van der Waals surface area contributed by atoms with E-state index in [2.05, 4.69) is 0 Å². The minimum Gasteiger partial charge on any atom is -0.481 e. The van der Waals surface area contributed by atoms with Crippen LogP contribution >= 0.6 is 0 Å². The van der Waals surface area contributed by atoms with Crippen molar-refractivity contribution in [3.05, 3.63) is 71.8 Å². The Labute approximate surface area is 227 Å². The molecule has 0 radical (unpaired) electrons. The number of amides is 3. The molecule has 2 saturated heterocycles. The van der Waals surface area contributed by atoms with Gasteiger partial charge in [0, 0.05) is 26.7 Å². The third-order valence-corrected chi connectivity index (χ3v) is 6.98. The van der Waals surface area contributed by atoms with Gasteiger partial charge in [-0.2, -0.15) is 0 Å². The van der Waals surface area contributed by atoms with Gasteiger partial charge in [-0.3, -0.25) is 14.4 Å². The summed E-state index contributed by atoms with van der Waals surface area (Å²) in [5.74, 6) is -1.86. The third-order valence-electron chi connectivity index (χ3n) is 6.98. The molecule has 4 rings (SSSR count). The SMILES string of the molecule is CON(C)C(=O)C1CCN(C(=O)O)C1.O=C(O)C1CCN(C(=O)OCc2ccccc2)C1Cc1ccccc1. The smallest absolute Gasteiger partial charge is 0.410 e. The van der Waals surface area contributed by atoms with Gasteiger partial charge in [0.2, 0.25) is 0 Å². The summed E-state index contributed by atoms with van der Waals surface area (Å²) in [7, 11) is 2.92. The fraction of sp³-hybridized carbons (Fsp3) is 0.429. The molecule has 11 heteroatoms. The molecule has 3 unspecified atom stereocenters. The number of aliphatic carboxylic acids is 1. The number of benzene rings is 2. The highest BCUT2D eigenvalue weighted by Gasteiger charge is 2.41. The topological polar surface area (TPSA) is 137 Å². The van der Waals surface area contributed by atoms with Crippen molar-refractivity contribution < 1.29 is 39.0 Å². The highest BCUT2D eigenvalue weighted by molar-refractivity contribution is 5.79. The van der Waals surface area contributed by atoms with Crippen molar-refractivity contribution in [3.63, 3.8) is 0 Å². The number of carboxylic acid groups (broad SMARTS) is 2. The molecule has 2 N–H and O–H groups in total. The summed E-state index contributed by atoms with van der Waals surface area (Å²) >= 11 is 0. The quantitative estimate of drug-likeness (QED) is 0.509. The van der Waals surface area contributed by atoms with E-state index in [1.807, 2.05) is 60.7 Å². The van der Waals surface area contributed by atoms with Crippen molar-refractivity contribution in [1.29, 1.82) is 0 Å². The lowest BCUT2D eigenvalue weighted by atomic mass is 9.94. The first kappa shape index (κ1) is 29.4. The largest absolute Gasteiger partial charge is 0.481 e. The lowest BCUT2D eigenvalue weighted by Crippen LogP contribution is -2.41. The van der Waals surface area contributed by atoms with Gasteiger partial charge in [-0.25, -0.2) is 14.7 Å². The number of hydroxylamine groups is 2. The van der Waals surface area contributed by atoms with E-state index in [1.165, 1.54) is 19.1 Å². The standard InChI is InChI=1S/C20H21NO4.C8H14N2O4/c22-19(23)17-11-12-21(18(17)13-15-7-3-1-4-8-15)20(24)25-14-16-9-5-2-6-10-16;1-9(14-2)7(11)6-3-4-10(5-6)8(12)13/h1-10,17-18H,11-14H2,(H,22,23);6H,3-5H2,1-2H3,(H,12,13). The second-order valence-electron chi connectivity index (χ2n) is 9.46. The highest BCUT2D eigenvalue weighted by atomic mass is 16.7. The normalized spacial score (nSPS) is 20.1. The van der Waals surface area contributed by atoms with Crippen molar-refractivity contribution >= 4 is 24.1 Å². The van der Waals surface area contributed by atoms with Gasteiger partial charge in [-0.1, -0.05) is 60.7 Å². The molecule has 3 atom stereocenters. The average Bonchev–Trinajstić information content (AvgIpc) is 3.61. The Balaban J connectivity index is 0.000000255. The van der Waals surface area contributed by atoms with E-state index in [4.69, 9.17) is 14.7 Å². The molecule has 0 saturated carbocycles. The summed E-state index contributed by atoms with van der Waals surface area (Å²) in [5, 5.41) is 19.3. The van der Waals surface area contributed by atoms with Crippen LogP contribution in [0, 0.1) is 11.8 Å². The molecule has 39 heavy (non-hydrogen) atoms. The van der Waals surface area contributed by atoms with E-state index in [0.717, 1.165) is 16.2 Å². The molecule has 11 nitrogen and oxygen atoms in total. The van der Waals surface area contributed by atoms with Crippen LogP contribution in [0.3, 0.4) is 0 Å². The summed E-state index contributed by atoms with van der Waals surface area (Å²) in [4.78, 5) is 53.7. The number of nitrogens with zero attached hydrogens (tertiary/aromatic N) is 3. The van der Waals surface area contributed by atoms with Gasteiger partial charge < -0.3 is 24.7 Å². The van der Waals surface area contributed by atoms with Crippen LogP contribution in [0.5, 0.6) is 0 Å².